The number of amides is 2. The van der Waals surface area contributed by atoms with Crippen LogP contribution in [0, 0.1) is 19.7 Å². The van der Waals surface area contributed by atoms with Gasteiger partial charge in [-0.3, -0.25) is 14.5 Å². The summed E-state index contributed by atoms with van der Waals surface area (Å²) >= 11 is 0. The molecule has 1 aromatic heterocycles. The number of nitrogens with zero attached hydrogens (tertiary/aromatic N) is 4. The number of carbonyl (C=O) groups is 2. The number of nitrogens with one attached hydrogen (secondary N) is 1. The van der Waals surface area contributed by atoms with Crippen LogP contribution in [0.25, 0.3) is 5.69 Å². The highest BCUT2D eigenvalue weighted by molar-refractivity contribution is 5.96. The van der Waals surface area contributed by atoms with Gasteiger partial charge in [-0.1, -0.05) is 0 Å². The minimum absolute atomic E-state index is 0.00883. The third-order valence-electron chi connectivity index (χ3n) is 4.98. The van der Waals surface area contributed by atoms with Gasteiger partial charge in [-0.25, -0.2) is 9.07 Å². The number of halogens is 1. The smallest absolute Gasteiger partial charge is 0.257 e. The second kappa shape index (κ2) is 8.52. The fourth-order valence-electron chi connectivity index (χ4n) is 3.51. The van der Waals surface area contributed by atoms with Crippen molar-refractivity contribution in [1.82, 2.24) is 24.9 Å². The number of benzene rings is 1. The Bertz CT molecular complexity index is 854. The van der Waals surface area contributed by atoms with E-state index in [-0.39, 0.29) is 17.6 Å². The molecule has 1 aliphatic rings. The predicted molar refractivity (Wildman–Crippen MR) is 104 cm³/mol. The molecular weight excluding hydrogens is 361 g/mol. The molecule has 2 amide bonds. The van der Waals surface area contributed by atoms with Gasteiger partial charge in [0.15, 0.2) is 0 Å². The van der Waals surface area contributed by atoms with Gasteiger partial charge in [-0.2, -0.15) is 5.10 Å². The second-order valence-corrected chi connectivity index (χ2v) is 6.96. The normalized spacial score (nSPS) is 14.9. The Hall–Kier alpha value is -2.74. The molecule has 150 valence electrons. The van der Waals surface area contributed by atoms with E-state index >= 15 is 0 Å². The molecule has 0 saturated carbocycles. The lowest BCUT2D eigenvalue weighted by atomic mass is 10.1. The number of hydrogen-bond donors (Lipinski definition) is 1. The first-order valence-corrected chi connectivity index (χ1v) is 9.51. The lowest BCUT2D eigenvalue weighted by Gasteiger charge is -2.34. The maximum atomic E-state index is 13.2. The molecule has 1 N–H and O–H groups in total. The van der Waals surface area contributed by atoms with Gasteiger partial charge in [0.1, 0.15) is 5.82 Å². The summed E-state index contributed by atoms with van der Waals surface area (Å²) in [6.45, 7) is 8.99. The van der Waals surface area contributed by atoms with Crippen molar-refractivity contribution in [2.24, 2.45) is 0 Å². The molecule has 2 aromatic rings. The molecule has 3 rings (SSSR count). The van der Waals surface area contributed by atoms with Crippen molar-refractivity contribution >= 4 is 11.8 Å². The number of rotatable bonds is 5. The molecular formula is C20H26FN5O2. The van der Waals surface area contributed by atoms with Gasteiger partial charge in [0, 0.05) is 32.7 Å². The summed E-state index contributed by atoms with van der Waals surface area (Å²) < 4.78 is 14.9. The number of likely N-dealkylation sites (N-methyl/N-ethyl adjacent to an activating group) is 1. The van der Waals surface area contributed by atoms with Crippen LogP contribution in [0.3, 0.4) is 0 Å². The topological polar surface area (TPSA) is 70.5 Å². The van der Waals surface area contributed by atoms with Crippen LogP contribution < -0.4 is 5.32 Å². The van der Waals surface area contributed by atoms with Gasteiger partial charge < -0.3 is 10.2 Å². The lowest BCUT2D eigenvalue weighted by molar-refractivity contribution is -0.122. The first-order chi connectivity index (χ1) is 13.4. The average molecular weight is 387 g/mol. The van der Waals surface area contributed by atoms with E-state index in [2.05, 4.69) is 15.3 Å². The molecule has 1 fully saturated rings. The molecule has 0 bridgehead atoms. The minimum atomic E-state index is -0.313. The van der Waals surface area contributed by atoms with Crippen LogP contribution in [0.5, 0.6) is 0 Å². The van der Waals surface area contributed by atoms with E-state index in [1.54, 1.807) is 21.7 Å². The highest BCUT2D eigenvalue weighted by Crippen LogP contribution is 2.20. The van der Waals surface area contributed by atoms with Crippen LogP contribution in [-0.4, -0.2) is 70.7 Å². The molecule has 0 unspecified atom stereocenters. The number of aryl methyl sites for hydroxylation is 1. The van der Waals surface area contributed by atoms with E-state index < -0.39 is 0 Å². The Morgan fingerprint density at radius 3 is 2.36 bits per heavy atom. The summed E-state index contributed by atoms with van der Waals surface area (Å²) in [6.07, 6.45) is 0. The van der Waals surface area contributed by atoms with Crippen molar-refractivity contribution in [3.63, 3.8) is 0 Å². The van der Waals surface area contributed by atoms with Crippen molar-refractivity contribution < 1.29 is 14.0 Å². The van der Waals surface area contributed by atoms with Crippen molar-refractivity contribution in [2.75, 3.05) is 39.3 Å². The molecule has 0 aliphatic carbocycles. The van der Waals surface area contributed by atoms with Crippen LogP contribution in [0.4, 0.5) is 4.39 Å². The van der Waals surface area contributed by atoms with Crippen molar-refractivity contribution in [3.8, 4) is 5.69 Å². The average Bonchev–Trinajstić information content (AvgIpc) is 2.97. The van der Waals surface area contributed by atoms with Crippen LogP contribution in [0.1, 0.15) is 28.7 Å². The maximum Gasteiger partial charge on any atom is 0.257 e. The summed E-state index contributed by atoms with van der Waals surface area (Å²) in [7, 11) is 0. The van der Waals surface area contributed by atoms with Crippen LogP contribution in [0.15, 0.2) is 24.3 Å². The van der Waals surface area contributed by atoms with Gasteiger partial charge in [-0.15, -0.1) is 0 Å². The monoisotopic (exact) mass is 387 g/mol. The SMILES string of the molecule is CCNC(=O)CN1CCN(C(=O)c2c(C)nn(-c3ccc(F)cc3)c2C)CC1. The van der Waals surface area contributed by atoms with Crippen LogP contribution in [-0.2, 0) is 4.79 Å². The third kappa shape index (κ3) is 4.22. The fraction of sp³-hybridized carbons (Fsp3) is 0.450. The molecule has 1 saturated heterocycles. The summed E-state index contributed by atoms with van der Waals surface area (Å²) in [6, 6.07) is 6.04. The van der Waals surface area contributed by atoms with Gasteiger partial charge in [0.2, 0.25) is 5.91 Å². The van der Waals surface area contributed by atoms with E-state index in [1.165, 1.54) is 12.1 Å². The summed E-state index contributed by atoms with van der Waals surface area (Å²) in [5.41, 5.74) is 2.68. The number of carbonyl (C=O) groups excluding carboxylic acids is 2. The van der Waals surface area contributed by atoms with Crippen molar-refractivity contribution in [2.45, 2.75) is 20.8 Å². The standard InChI is InChI=1S/C20H26FN5O2/c1-4-22-18(27)13-24-9-11-25(12-10-24)20(28)19-14(2)23-26(15(19)3)17-7-5-16(21)6-8-17/h5-8H,4,9-13H2,1-3H3,(H,22,27). The van der Waals surface area contributed by atoms with Gasteiger partial charge in [0.25, 0.3) is 5.91 Å². The predicted octanol–water partition coefficient (Wildman–Crippen LogP) is 1.52. The Balaban J connectivity index is 1.70. The van der Waals surface area contributed by atoms with E-state index in [4.69, 9.17) is 0 Å². The van der Waals surface area contributed by atoms with Gasteiger partial charge in [0.05, 0.1) is 29.2 Å². The van der Waals surface area contributed by atoms with E-state index in [9.17, 15) is 14.0 Å². The third-order valence-corrected chi connectivity index (χ3v) is 4.98. The Morgan fingerprint density at radius 1 is 1.11 bits per heavy atom. The maximum absolute atomic E-state index is 13.2. The summed E-state index contributed by atoms with van der Waals surface area (Å²) in [5.74, 6) is -0.359. The molecule has 28 heavy (non-hydrogen) atoms. The van der Waals surface area contributed by atoms with E-state index in [0.29, 0.717) is 56.2 Å². The zero-order chi connectivity index (χ0) is 20.3. The van der Waals surface area contributed by atoms with Gasteiger partial charge >= 0.3 is 0 Å². The lowest BCUT2D eigenvalue weighted by Crippen LogP contribution is -2.51. The number of hydrogen-bond acceptors (Lipinski definition) is 4. The first kappa shape index (κ1) is 20.0. The Morgan fingerprint density at radius 2 is 1.75 bits per heavy atom. The quantitative estimate of drug-likeness (QED) is 0.845. The zero-order valence-electron chi connectivity index (χ0n) is 16.5. The zero-order valence-corrected chi connectivity index (χ0v) is 16.5. The first-order valence-electron chi connectivity index (χ1n) is 9.51. The minimum Gasteiger partial charge on any atom is -0.355 e. The highest BCUT2D eigenvalue weighted by atomic mass is 19.1. The fourth-order valence-corrected chi connectivity index (χ4v) is 3.51. The van der Waals surface area contributed by atoms with Crippen molar-refractivity contribution in [3.05, 3.63) is 47.0 Å². The summed E-state index contributed by atoms with van der Waals surface area (Å²) in [5, 5.41) is 7.28. The Labute approximate surface area is 164 Å². The molecule has 0 atom stereocenters. The molecule has 7 nitrogen and oxygen atoms in total. The number of piperazine rings is 1. The van der Waals surface area contributed by atoms with Gasteiger partial charge in [-0.05, 0) is 45.0 Å². The number of aromatic nitrogens is 2. The highest BCUT2D eigenvalue weighted by Gasteiger charge is 2.27. The molecule has 8 heteroatoms. The molecule has 2 heterocycles. The molecule has 0 spiro atoms. The van der Waals surface area contributed by atoms with Crippen LogP contribution in [0.2, 0.25) is 0 Å². The van der Waals surface area contributed by atoms with Crippen LogP contribution >= 0.6 is 0 Å². The molecule has 0 radical (unpaired) electrons. The summed E-state index contributed by atoms with van der Waals surface area (Å²) in [4.78, 5) is 28.7. The largest absolute Gasteiger partial charge is 0.355 e. The molecule has 1 aliphatic heterocycles. The second-order valence-electron chi connectivity index (χ2n) is 6.96. The van der Waals surface area contributed by atoms with Crippen molar-refractivity contribution in [1.29, 1.82) is 0 Å². The molecule has 1 aromatic carbocycles. The van der Waals surface area contributed by atoms with E-state index in [0.717, 1.165) is 5.69 Å². The Kier molecular flexibility index (Phi) is 6.08. The van der Waals surface area contributed by atoms with E-state index in [1.807, 2.05) is 20.8 Å².